The number of aromatic nitrogens is 2. The molecule has 1 aromatic heterocycles. The minimum atomic E-state index is 0.170. The second kappa shape index (κ2) is 6.22. The number of rotatable bonds is 2. The molecule has 0 atom stereocenters. The van der Waals surface area contributed by atoms with E-state index in [4.69, 9.17) is 4.74 Å². The van der Waals surface area contributed by atoms with Gasteiger partial charge in [0.15, 0.2) is 5.82 Å². The van der Waals surface area contributed by atoms with Gasteiger partial charge in [0.25, 0.3) is 0 Å². The third-order valence-corrected chi connectivity index (χ3v) is 4.45. The average molecular weight is 349 g/mol. The van der Waals surface area contributed by atoms with Crippen molar-refractivity contribution in [2.24, 2.45) is 0 Å². The molecular weight excluding hydrogens is 330 g/mol. The Hall–Kier alpha value is -3.28. The molecule has 0 bridgehead atoms. The number of aryl methyl sites for hydroxylation is 2. The second-order valence-corrected chi connectivity index (χ2v) is 6.40. The SMILES string of the molecule is Cc1cc(C)c(-c2ccc(N3CCOc4ccc(O)cc43)nn2)c(O)c1. The maximum atomic E-state index is 10.3. The highest BCUT2D eigenvalue weighted by atomic mass is 16.5. The van der Waals surface area contributed by atoms with E-state index < -0.39 is 0 Å². The summed E-state index contributed by atoms with van der Waals surface area (Å²) in [6.45, 7) is 5.02. The van der Waals surface area contributed by atoms with Crippen molar-refractivity contribution in [2.75, 3.05) is 18.1 Å². The van der Waals surface area contributed by atoms with Gasteiger partial charge in [-0.05, 0) is 55.3 Å². The first-order valence-corrected chi connectivity index (χ1v) is 8.40. The summed E-state index contributed by atoms with van der Waals surface area (Å²) in [7, 11) is 0. The summed E-state index contributed by atoms with van der Waals surface area (Å²) in [5, 5.41) is 28.7. The highest BCUT2D eigenvalue weighted by Crippen LogP contribution is 2.38. The van der Waals surface area contributed by atoms with Crippen molar-refractivity contribution in [2.45, 2.75) is 13.8 Å². The Bertz CT molecular complexity index is 948. The summed E-state index contributed by atoms with van der Waals surface area (Å²) in [5.74, 6) is 1.73. The van der Waals surface area contributed by atoms with Crippen LogP contribution in [0, 0.1) is 13.8 Å². The zero-order valence-electron chi connectivity index (χ0n) is 14.6. The Labute approximate surface area is 151 Å². The number of phenols is 2. The summed E-state index contributed by atoms with van der Waals surface area (Å²) in [4.78, 5) is 1.96. The molecule has 0 spiro atoms. The molecular formula is C20H19N3O3. The highest BCUT2D eigenvalue weighted by Gasteiger charge is 2.22. The van der Waals surface area contributed by atoms with Gasteiger partial charge in [-0.15, -0.1) is 10.2 Å². The summed E-state index contributed by atoms with van der Waals surface area (Å²) >= 11 is 0. The summed E-state index contributed by atoms with van der Waals surface area (Å²) in [6.07, 6.45) is 0. The van der Waals surface area contributed by atoms with E-state index in [0.717, 1.165) is 16.8 Å². The fourth-order valence-corrected chi connectivity index (χ4v) is 3.32. The lowest BCUT2D eigenvalue weighted by Crippen LogP contribution is -2.29. The van der Waals surface area contributed by atoms with Crippen LogP contribution < -0.4 is 9.64 Å². The van der Waals surface area contributed by atoms with Crippen molar-refractivity contribution in [1.82, 2.24) is 10.2 Å². The van der Waals surface area contributed by atoms with E-state index >= 15 is 0 Å². The number of hydrogen-bond acceptors (Lipinski definition) is 6. The van der Waals surface area contributed by atoms with Crippen molar-refractivity contribution in [3.05, 3.63) is 53.6 Å². The van der Waals surface area contributed by atoms with Gasteiger partial charge in [0.1, 0.15) is 23.9 Å². The van der Waals surface area contributed by atoms with E-state index in [1.165, 1.54) is 0 Å². The van der Waals surface area contributed by atoms with Crippen molar-refractivity contribution < 1.29 is 14.9 Å². The van der Waals surface area contributed by atoms with Gasteiger partial charge < -0.3 is 19.8 Å². The molecule has 4 rings (SSSR count). The summed E-state index contributed by atoms with van der Waals surface area (Å²) < 4.78 is 5.63. The van der Waals surface area contributed by atoms with Crippen LogP contribution in [0.15, 0.2) is 42.5 Å². The lowest BCUT2D eigenvalue weighted by molar-refractivity contribution is 0.312. The fraction of sp³-hybridized carbons (Fsp3) is 0.200. The van der Waals surface area contributed by atoms with Crippen LogP contribution in [0.3, 0.4) is 0 Å². The molecule has 2 heterocycles. The number of nitrogens with zero attached hydrogens (tertiary/aromatic N) is 3. The first-order chi connectivity index (χ1) is 12.5. The zero-order valence-corrected chi connectivity index (χ0v) is 14.6. The quantitative estimate of drug-likeness (QED) is 0.734. The first-order valence-electron chi connectivity index (χ1n) is 8.40. The van der Waals surface area contributed by atoms with E-state index in [2.05, 4.69) is 10.2 Å². The summed E-state index contributed by atoms with van der Waals surface area (Å²) in [5.41, 5.74) is 4.01. The van der Waals surface area contributed by atoms with E-state index in [9.17, 15) is 10.2 Å². The van der Waals surface area contributed by atoms with Crippen LogP contribution >= 0.6 is 0 Å². The minimum absolute atomic E-state index is 0.170. The van der Waals surface area contributed by atoms with Crippen LogP contribution in [0.25, 0.3) is 11.3 Å². The number of hydrogen-bond donors (Lipinski definition) is 2. The predicted octanol–water partition coefficient (Wildman–Crippen LogP) is 3.70. The van der Waals surface area contributed by atoms with Gasteiger partial charge in [-0.2, -0.15) is 0 Å². The molecule has 1 aliphatic heterocycles. The molecule has 1 aliphatic rings. The maximum absolute atomic E-state index is 10.3. The topological polar surface area (TPSA) is 78.7 Å². The number of ether oxygens (including phenoxy) is 1. The summed E-state index contributed by atoms with van der Waals surface area (Å²) in [6, 6.07) is 12.4. The molecule has 0 amide bonds. The third-order valence-electron chi connectivity index (χ3n) is 4.45. The maximum Gasteiger partial charge on any atom is 0.155 e. The molecule has 2 aromatic carbocycles. The smallest absolute Gasteiger partial charge is 0.155 e. The number of benzene rings is 2. The number of phenolic OH excluding ortho intramolecular Hbond substituents is 2. The van der Waals surface area contributed by atoms with Crippen molar-refractivity contribution in [1.29, 1.82) is 0 Å². The fourth-order valence-electron chi connectivity index (χ4n) is 3.32. The van der Waals surface area contributed by atoms with Gasteiger partial charge in [0.05, 0.1) is 17.9 Å². The second-order valence-electron chi connectivity index (χ2n) is 6.40. The number of aromatic hydroxyl groups is 2. The molecule has 6 nitrogen and oxygen atoms in total. The Balaban J connectivity index is 1.71. The van der Waals surface area contributed by atoms with Gasteiger partial charge in [-0.3, -0.25) is 0 Å². The highest BCUT2D eigenvalue weighted by molar-refractivity contribution is 5.73. The Morgan fingerprint density at radius 1 is 1.00 bits per heavy atom. The molecule has 0 saturated carbocycles. The van der Waals surface area contributed by atoms with Gasteiger partial charge in [-0.1, -0.05) is 6.07 Å². The third kappa shape index (κ3) is 2.79. The molecule has 26 heavy (non-hydrogen) atoms. The van der Waals surface area contributed by atoms with E-state index in [1.54, 1.807) is 24.3 Å². The minimum Gasteiger partial charge on any atom is -0.508 e. The molecule has 0 saturated heterocycles. The van der Waals surface area contributed by atoms with Gasteiger partial charge >= 0.3 is 0 Å². The Kier molecular flexibility index (Phi) is 3.88. The largest absolute Gasteiger partial charge is 0.508 e. The molecule has 0 radical (unpaired) electrons. The molecule has 0 unspecified atom stereocenters. The Morgan fingerprint density at radius 2 is 1.85 bits per heavy atom. The molecule has 6 heteroatoms. The number of fused-ring (bicyclic) bond motifs is 1. The van der Waals surface area contributed by atoms with Crippen LogP contribution in [0.1, 0.15) is 11.1 Å². The van der Waals surface area contributed by atoms with Crippen LogP contribution in [0.5, 0.6) is 17.2 Å². The van der Waals surface area contributed by atoms with Crippen LogP contribution in [-0.2, 0) is 0 Å². The van der Waals surface area contributed by atoms with Crippen molar-refractivity contribution in [3.63, 3.8) is 0 Å². The Morgan fingerprint density at radius 3 is 2.58 bits per heavy atom. The molecule has 132 valence electrons. The first kappa shape index (κ1) is 16.2. The molecule has 3 aromatic rings. The van der Waals surface area contributed by atoms with Crippen molar-refractivity contribution >= 4 is 11.5 Å². The molecule has 0 aliphatic carbocycles. The lowest BCUT2D eigenvalue weighted by Gasteiger charge is -2.30. The zero-order chi connectivity index (χ0) is 18.3. The standard InChI is InChI=1S/C20H19N3O3/c1-12-9-13(2)20(17(25)10-12)15-4-6-19(22-21-15)23-7-8-26-18-5-3-14(24)11-16(18)23/h3-6,9-11,24-25H,7-8H2,1-2H3. The average Bonchev–Trinajstić information content (AvgIpc) is 2.61. The van der Waals surface area contributed by atoms with E-state index in [-0.39, 0.29) is 11.5 Å². The van der Waals surface area contributed by atoms with Crippen LogP contribution in [0.2, 0.25) is 0 Å². The molecule has 0 fully saturated rings. The van der Waals surface area contributed by atoms with Gasteiger partial charge in [0.2, 0.25) is 0 Å². The van der Waals surface area contributed by atoms with Crippen LogP contribution in [-0.4, -0.2) is 33.6 Å². The molecule has 2 N–H and O–H groups in total. The van der Waals surface area contributed by atoms with E-state index in [1.807, 2.05) is 36.9 Å². The normalized spacial score (nSPS) is 13.2. The van der Waals surface area contributed by atoms with Gasteiger partial charge in [-0.25, -0.2) is 0 Å². The monoisotopic (exact) mass is 349 g/mol. The van der Waals surface area contributed by atoms with Crippen molar-refractivity contribution in [3.8, 4) is 28.5 Å². The number of anilines is 2. The van der Waals surface area contributed by atoms with Crippen LogP contribution in [0.4, 0.5) is 11.5 Å². The van der Waals surface area contributed by atoms with E-state index in [0.29, 0.717) is 36.0 Å². The lowest BCUT2D eigenvalue weighted by atomic mass is 10.0. The predicted molar refractivity (Wildman–Crippen MR) is 99.2 cm³/mol. The van der Waals surface area contributed by atoms with Gasteiger partial charge in [0, 0.05) is 11.6 Å².